The Morgan fingerprint density at radius 1 is 0.500 bits per heavy atom. The van der Waals surface area contributed by atoms with E-state index in [0.29, 0.717) is 35.8 Å². The molecule has 0 spiro atoms. The van der Waals surface area contributed by atoms with Crippen LogP contribution in [0.2, 0.25) is 0 Å². The van der Waals surface area contributed by atoms with Gasteiger partial charge < -0.3 is 9.47 Å². The summed E-state index contributed by atoms with van der Waals surface area (Å²) in [6.07, 6.45) is 73.6. The first-order valence-corrected chi connectivity index (χ1v) is 30.5. The molecule has 0 aromatic carbocycles. The lowest BCUT2D eigenvalue weighted by atomic mass is 9.66. The van der Waals surface area contributed by atoms with Crippen LogP contribution in [0.4, 0.5) is 0 Å². The molecule has 0 saturated heterocycles. The van der Waals surface area contributed by atoms with Gasteiger partial charge in [0.25, 0.3) is 0 Å². The molecule has 0 radical (unpaired) electrons. The van der Waals surface area contributed by atoms with Gasteiger partial charge in [0, 0.05) is 66.0 Å². The minimum Gasteiger partial charge on any atom is -0.490 e. The molecule has 0 aromatic rings. The molecule has 9 unspecified atom stereocenters. The third-order valence-corrected chi connectivity index (χ3v) is 21.7. The summed E-state index contributed by atoms with van der Waals surface area (Å²) in [7, 11) is 0. The van der Waals surface area contributed by atoms with Crippen molar-refractivity contribution in [1.82, 2.24) is 9.80 Å². The molecular formula is C66H90N2O2. The Hall–Kier alpha value is -3.08. The van der Waals surface area contributed by atoms with Crippen molar-refractivity contribution in [3.63, 3.8) is 0 Å². The number of rotatable bonds is 10. The third-order valence-electron chi connectivity index (χ3n) is 21.7. The third kappa shape index (κ3) is 9.30. The maximum absolute atomic E-state index is 6.84. The highest BCUT2D eigenvalue weighted by molar-refractivity contribution is 5.42. The molecular weight excluding hydrogens is 853 g/mol. The molecule has 4 fully saturated rings. The van der Waals surface area contributed by atoms with E-state index < -0.39 is 0 Å². The Kier molecular flexibility index (Phi) is 14.0. The average molecular weight is 943 g/mol. The molecule has 2 aliphatic heterocycles. The topological polar surface area (TPSA) is 24.9 Å². The molecule has 4 nitrogen and oxygen atoms in total. The number of hydrogen-bond acceptors (Lipinski definition) is 4. The van der Waals surface area contributed by atoms with E-state index in [-0.39, 0.29) is 0 Å². The Morgan fingerprint density at radius 3 is 2.16 bits per heavy atom. The fourth-order valence-electron chi connectivity index (χ4n) is 18.3. The number of allylic oxidation sites excluding steroid dienone is 13. The molecule has 0 N–H and O–H groups in total. The van der Waals surface area contributed by atoms with Gasteiger partial charge in [0.2, 0.25) is 0 Å². The van der Waals surface area contributed by atoms with E-state index in [1.165, 1.54) is 215 Å². The standard InChI is InChI=1S/C66H90N2O2/c1-3-16-51(17-4-1)67(55-40-32-47(33-41-55)57-22-12-24-61-59-20-7-9-26-63(59)69-65(57)61)53-36-28-45(29-37-53)49-14-11-15-50(44-49)46-30-38-54(39-31-46)68(52-18-5-2-6-19-52)56-42-34-48(35-43-56)58-23-13-25-62-60-21-8-10-27-64(60)70-66(58)62/h1,3,8-9,11,15,21,26,28,30-31,38,47-57,61-62,65H,2,4-7,10,12-14,16-20,22-25,27,29,32-37,39-44H2. The van der Waals surface area contributed by atoms with Crippen LogP contribution in [-0.4, -0.2) is 52.2 Å². The normalized spacial score (nSPS) is 39.9. The van der Waals surface area contributed by atoms with Crippen molar-refractivity contribution in [2.45, 2.75) is 248 Å². The van der Waals surface area contributed by atoms with Gasteiger partial charge >= 0.3 is 0 Å². The maximum atomic E-state index is 6.84. The summed E-state index contributed by atoms with van der Waals surface area (Å²) in [4.78, 5) is 6.26. The fraction of sp³-hybridized carbons (Fsp3) is 0.697. The van der Waals surface area contributed by atoms with Crippen molar-refractivity contribution in [3.8, 4) is 0 Å². The van der Waals surface area contributed by atoms with Gasteiger partial charge in [0.15, 0.2) is 0 Å². The molecule has 0 aromatic heterocycles. The highest BCUT2D eigenvalue weighted by atomic mass is 16.5. The largest absolute Gasteiger partial charge is 0.490 e. The summed E-state index contributed by atoms with van der Waals surface area (Å²) in [5.74, 6) is 8.93. The van der Waals surface area contributed by atoms with E-state index in [2.05, 4.69) is 82.7 Å². The predicted octanol–water partition coefficient (Wildman–Crippen LogP) is 16.6. The van der Waals surface area contributed by atoms with Crippen molar-refractivity contribution < 1.29 is 9.47 Å². The minimum absolute atomic E-state index is 0.473. The first kappa shape index (κ1) is 46.7. The predicted molar refractivity (Wildman–Crippen MR) is 287 cm³/mol. The van der Waals surface area contributed by atoms with Crippen molar-refractivity contribution in [3.05, 3.63) is 118 Å². The zero-order chi connectivity index (χ0) is 46.4. The number of nitrogens with zero attached hydrogens (tertiary/aromatic N) is 2. The lowest BCUT2D eigenvalue weighted by Gasteiger charge is -2.49. The second-order valence-electron chi connectivity index (χ2n) is 25.3. The van der Waals surface area contributed by atoms with Crippen LogP contribution in [0, 0.1) is 41.4 Å². The second-order valence-corrected chi connectivity index (χ2v) is 25.3. The summed E-state index contributed by atoms with van der Waals surface area (Å²) in [6.45, 7) is 0. The van der Waals surface area contributed by atoms with Crippen molar-refractivity contribution in [1.29, 1.82) is 0 Å². The van der Waals surface area contributed by atoms with E-state index in [9.17, 15) is 0 Å². The van der Waals surface area contributed by atoms with Gasteiger partial charge in [-0.2, -0.15) is 0 Å². The van der Waals surface area contributed by atoms with Crippen LogP contribution in [0.3, 0.4) is 0 Å². The summed E-state index contributed by atoms with van der Waals surface area (Å²) in [5.41, 5.74) is 8.36. The first-order chi connectivity index (χ1) is 34.7. The molecule has 4 saturated carbocycles. The minimum atomic E-state index is 0.473. The zero-order valence-electron chi connectivity index (χ0n) is 43.3. The first-order valence-electron chi connectivity index (χ1n) is 30.5. The van der Waals surface area contributed by atoms with E-state index in [0.717, 1.165) is 60.8 Å². The highest BCUT2D eigenvalue weighted by Crippen LogP contribution is 2.53. The second kappa shape index (κ2) is 21.0. The van der Waals surface area contributed by atoms with Crippen LogP contribution < -0.4 is 0 Å². The number of fused-ring (bicyclic) bond motifs is 4. The molecule has 13 rings (SSSR count). The van der Waals surface area contributed by atoms with Gasteiger partial charge in [0.1, 0.15) is 23.4 Å². The Morgan fingerprint density at radius 2 is 1.33 bits per heavy atom. The van der Waals surface area contributed by atoms with Crippen molar-refractivity contribution in [2.24, 2.45) is 41.4 Å². The van der Waals surface area contributed by atoms with E-state index in [4.69, 9.17) is 9.47 Å². The molecule has 376 valence electrons. The van der Waals surface area contributed by atoms with Gasteiger partial charge in [0.05, 0.1) is 0 Å². The molecule has 0 bridgehead atoms. The average Bonchev–Trinajstić information content (AvgIpc) is 4.02. The number of hydrogen-bond donors (Lipinski definition) is 0. The number of ether oxygens (including phenoxy) is 2. The quantitative estimate of drug-likeness (QED) is 0.204. The summed E-state index contributed by atoms with van der Waals surface area (Å²) in [6, 6.07) is 4.28. The van der Waals surface area contributed by atoms with Gasteiger partial charge in [-0.25, -0.2) is 0 Å². The maximum Gasteiger partial charge on any atom is 0.119 e. The Labute approximate surface area is 424 Å². The van der Waals surface area contributed by atoms with E-state index in [1.54, 1.807) is 22.3 Å². The molecule has 4 heteroatoms. The lowest BCUT2D eigenvalue weighted by molar-refractivity contribution is -0.0192. The Balaban J connectivity index is 0.630. The van der Waals surface area contributed by atoms with Gasteiger partial charge in [-0.1, -0.05) is 98.1 Å². The van der Waals surface area contributed by atoms with Gasteiger partial charge in [-0.15, -0.1) is 0 Å². The van der Waals surface area contributed by atoms with E-state index in [1.807, 2.05) is 0 Å². The van der Waals surface area contributed by atoms with Crippen molar-refractivity contribution >= 4 is 0 Å². The summed E-state index contributed by atoms with van der Waals surface area (Å²) in [5, 5.41) is 0. The molecule has 13 aliphatic rings. The van der Waals surface area contributed by atoms with Crippen molar-refractivity contribution in [2.75, 3.05) is 0 Å². The molecule has 9 atom stereocenters. The van der Waals surface area contributed by atoms with Crippen LogP contribution in [0.1, 0.15) is 205 Å². The summed E-state index contributed by atoms with van der Waals surface area (Å²) < 4.78 is 13.6. The molecule has 0 amide bonds. The van der Waals surface area contributed by atoms with Gasteiger partial charge in [-0.3, -0.25) is 9.80 Å². The summed E-state index contributed by atoms with van der Waals surface area (Å²) >= 11 is 0. The van der Waals surface area contributed by atoms with E-state index >= 15 is 0 Å². The molecule has 11 aliphatic carbocycles. The monoisotopic (exact) mass is 943 g/mol. The van der Waals surface area contributed by atoms with Crippen LogP contribution in [0.5, 0.6) is 0 Å². The highest BCUT2D eigenvalue weighted by Gasteiger charge is 2.48. The Bertz CT molecular complexity index is 2220. The smallest absolute Gasteiger partial charge is 0.119 e. The fourth-order valence-corrected chi connectivity index (χ4v) is 18.3. The van der Waals surface area contributed by atoms with Crippen LogP contribution in [0.15, 0.2) is 118 Å². The zero-order valence-corrected chi connectivity index (χ0v) is 43.3. The lowest BCUT2D eigenvalue weighted by Crippen LogP contribution is -2.52. The van der Waals surface area contributed by atoms with Gasteiger partial charge in [-0.05, 0) is 220 Å². The molecule has 70 heavy (non-hydrogen) atoms. The van der Waals surface area contributed by atoms with Crippen LogP contribution in [0.25, 0.3) is 0 Å². The molecule has 2 heterocycles. The van der Waals surface area contributed by atoms with Crippen LogP contribution >= 0.6 is 0 Å². The van der Waals surface area contributed by atoms with Crippen LogP contribution in [-0.2, 0) is 9.47 Å². The SMILES string of the molecule is C1=CC2=C(CC1)OC1=C(C3CCC(N(C4C=CC(C5C=CCC(C6=CCC(N(C7CC=CCC7)C7CCC(C8CCCC9C%10=C(C=CCC%10)OC98)CC7)CC6)C5)=CC4)C4CCCCC4)CC3)CCCC21.